The first-order valence-electron chi connectivity index (χ1n) is 9.65. The molecule has 2 aliphatic heterocycles. The van der Waals surface area contributed by atoms with Crippen molar-refractivity contribution in [2.45, 2.75) is 52.1 Å². The number of hydrogen-bond acceptors (Lipinski definition) is 2. The molecule has 3 aromatic rings. The maximum atomic E-state index is 13.5. The predicted molar refractivity (Wildman–Crippen MR) is 101 cm³/mol. The highest BCUT2D eigenvalue weighted by Crippen LogP contribution is 2.35. The molecule has 0 atom stereocenters. The Morgan fingerprint density at radius 1 is 1.15 bits per heavy atom. The Balaban J connectivity index is 1.64. The fourth-order valence-corrected chi connectivity index (χ4v) is 4.64. The van der Waals surface area contributed by atoms with Gasteiger partial charge in [0, 0.05) is 29.9 Å². The van der Waals surface area contributed by atoms with Crippen molar-refractivity contribution in [2.75, 3.05) is 6.54 Å². The second kappa shape index (κ2) is 6.01. The molecule has 26 heavy (non-hydrogen) atoms. The molecule has 2 aliphatic rings. The number of fused-ring (bicyclic) bond motifs is 3. The first-order chi connectivity index (χ1) is 12.7. The number of para-hydroxylation sites is 1. The monoisotopic (exact) mass is 348 g/mol. The predicted octanol–water partition coefficient (Wildman–Crippen LogP) is 3.60. The van der Waals surface area contributed by atoms with Crippen LogP contribution in [0.3, 0.4) is 0 Å². The van der Waals surface area contributed by atoms with E-state index >= 15 is 0 Å². The van der Waals surface area contributed by atoms with Crippen LogP contribution in [0.4, 0.5) is 0 Å². The molecule has 4 heterocycles. The van der Waals surface area contributed by atoms with Crippen LogP contribution in [-0.2, 0) is 25.9 Å². The van der Waals surface area contributed by atoms with Gasteiger partial charge in [0.25, 0.3) is 5.91 Å². The molecular weight excluding hydrogens is 324 g/mol. The summed E-state index contributed by atoms with van der Waals surface area (Å²) >= 11 is 0. The van der Waals surface area contributed by atoms with E-state index in [1.807, 2.05) is 11.8 Å². The molecule has 1 aromatic carbocycles. The maximum Gasteiger partial charge on any atom is 0.256 e. The van der Waals surface area contributed by atoms with Gasteiger partial charge in [-0.2, -0.15) is 0 Å². The highest BCUT2D eigenvalue weighted by Gasteiger charge is 2.30. The highest BCUT2D eigenvalue weighted by molar-refractivity contribution is 6.09. The third kappa shape index (κ3) is 2.30. The Labute approximate surface area is 153 Å². The van der Waals surface area contributed by atoms with Crippen LogP contribution in [0, 0.1) is 6.92 Å². The van der Waals surface area contributed by atoms with Crippen LogP contribution >= 0.6 is 0 Å². The fraction of sp³-hybridized carbons (Fsp3) is 0.429. The molecule has 134 valence electrons. The third-order valence-corrected chi connectivity index (χ3v) is 5.97. The van der Waals surface area contributed by atoms with Crippen LogP contribution < -0.4 is 0 Å². The van der Waals surface area contributed by atoms with Gasteiger partial charge >= 0.3 is 0 Å². The largest absolute Gasteiger partial charge is 0.348 e. The number of hydrogen-bond donors (Lipinski definition) is 1. The molecule has 5 rings (SSSR count). The van der Waals surface area contributed by atoms with E-state index in [1.165, 1.54) is 29.6 Å². The van der Waals surface area contributed by atoms with Gasteiger partial charge in [0.2, 0.25) is 0 Å². The Bertz CT molecular complexity index is 997. The van der Waals surface area contributed by atoms with Gasteiger partial charge in [-0.05, 0) is 44.6 Å². The van der Waals surface area contributed by atoms with Crippen LogP contribution in [0.1, 0.15) is 52.3 Å². The van der Waals surface area contributed by atoms with E-state index in [4.69, 9.17) is 0 Å². The van der Waals surface area contributed by atoms with E-state index < -0.39 is 0 Å². The molecule has 0 spiro atoms. The topological polar surface area (TPSA) is 53.9 Å². The van der Waals surface area contributed by atoms with Crippen molar-refractivity contribution in [3.63, 3.8) is 0 Å². The van der Waals surface area contributed by atoms with Crippen LogP contribution in [0.2, 0.25) is 0 Å². The van der Waals surface area contributed by atoms with Crippen molar-refractivity contribution in [3.05, 3.63) is 52.7 Å². The summed E-state index contributed by atoms with van der Waals surface area (Å²) in [7, 11) is 0. The van der Waals surface area contributed by atoms with Crippen molar-refractivity contribution in [2.24, 2.45) is 0 Å². The van der Waals surface area contributed by atoms with Gasteiger partial charge in [-0.15, -0.1) is 0 Å². The summed E-state index contributed by atoms with van der Waals surface area (Å²) in [4.78, 5) is 23.0. The van der Waals surface area contributed by atoms with Gasteiger partial charge in [0.05, 0.1) is 29.6 Å². The van der Waals surface area contributed by atoms with E-state index in [-0.39, 0.29) is 5.91 Å². The van der Waals surface area contributed by atoms with Gasteiger partial charge in [-0.1, -0.05) is 18.2 Å². The highest BCUT2D eigenvalue weighted by atomic mass is 16.2. The number of aryl methyl sites for hydroxylation is 3. The molecule has 0 aliphatic carbocycles. The Morgan fingerprint density at radius 2 is 2.08 bits per heavy atom. The summed E-state index contributed by atoms with van der Waals surface area (Å²) in [6.07, 6.45) is 7.23. The number of aromatic nitrogens is 3. The van der Waals surface area contributed by atoms with E-state index in [9.17, 15) is 4.79 Å². The van der Waals surface area contributed by atoms with Crippen molar-refractivity contribution in [1.82, 2.24) is 19.4 Å². The van der Waals surface area contributed by atoms with Gasteiger partial charge < -0.3 is 14.5 Å². The van der Waals surface area contributed by atoms with Gasteiger partial charge in [0.1, 0.15) is 0 Å². The number of H-pyrrole nitrogens is 1. The molecule has 2 aromatic heterocycles. The van der Waals surface area contributed by atoms with Gasteiger partial charge in [0.15, 0.2) is 0 Å². The minimum atomic E-state index is 0.168. The Hall–Kier alpha value is -2.56. The summed E-state index contributed by atoms with van der Waals surface area (Å²) < 4.78 is 2.45. The standard InChI is InChI=1S/C21H24N4O/c1-14-17(23-13-22-14)12-24-10-5-9-18-19(21(24)26)16-8-4-7-15-6-2-3-11-25(18)20(15)16/h4,7-8,13H,2-3,5-6,9-12H2,1H3,(H,22,23). The molecule has 0 fully saturated rings. The number of benzene rings is 1. The minimum absolute atomic E-state index is 0.168. The molecule has 1 N–H and O–H groups in total. The molecular formula is C21H24N4O. The lowest BCUT2D eigenvalue weighted by Crippen LogP contribution is -2.30. The zero-order valence-corrected chi connectivity index (χ0v) is 15.2. The zero-order valence-electron chi connectivity index (χ0n) is 15.2. The lowest BCUT2D eigenvalue weighted by Gasteiger charge is -2.20. The van der Waals surface area contributed by atoms with Gasteiger partial charge in [-0.25, -0.2) is 4.98 Å². The van der Waals surface area contributed by atoms with Gasteiger partial charge in [-0.3, -0.25) is 4.79 Å². The second-order valence-corrected chi connectivity index (χ2v) is 7.55. The van der Waals surface area contributed by atoms with E-state index in [1.54, 1.807) is 6.33 Å². The quantitative estimate of drug-likeness (QED) is 0.769. The summed E-state index contributed by atoms with van der Waals surface area (Å²) in [5.74, 6) is 0.168. The van der Waals surface area contributed by atoms with E-state index in [2.05, 4.69) is 32.7 Å². The van der Waals surface area contributed by atoms with E-state index in [0.717, 1.165) is 54.7 Å². The van der Waals surface area contributed by atoms with Crippen molar-refractivity contribution in [3.8, 4) is 0 Å². The zero-order chi connectivity index (χ0) is 17.7. The number of nitrogens with zero attached hydrogens (tertiary/aromatic N) is 3. The average Bonchev–Trinajstić information content (AvgIpc) is 3.03. The summed E-state index contributed by atoms with van der Waals surface area (Å²) in [6, 6.07) is 6.49. The minimum Gasteiger partial charge on any atom is -0.348 e. The number of nitrogens with one attached hydrogen (secondary N) is 1. The van der Waals surface area contributed by atoms with Crippen LogP contribution in [0.15, 0.2) is 24.5 Å². The Kier molecular flexibility index (Phi) is 3.62. The molecule has 5 nitrogen and oxygen atoms in total. The number of aromatic amines is 1. The average molecular weight is 348 g/mol. The van der Waals surface area contributed by atoms with E-state index in [0.29, 0.717) is 6.54 Å². The lowest BCUT2D eigenvalue weighted by molar-refractivity contribution is 0.0748. The maximum absolute atomic E-state index is 13.5. The number of carbonyl (C=O) groups is 1. The summed E-state index contributed by atoms with van der Waals surface area (Å²) in [5.41, 5.74) is 6.90. The first kappa shape index (κ1) is 15.7. The Morgan fingerprint density at radius 3 is 2.92 bits per heavy atom. The summed E-state index contributed by atoms with van der Waals surface area (Å²) in [6.45, 7) is 4.43. The third-order valence-electron chi connectivity index (χ3n) is 5.97. The molecule has 0 bridgehead atoms. The molecule has 0 radical (unpaired) electrons. The summed E-state index contributed by atoms with van der Waals surface area (Å²) in [5, 5.41) is 1.15. The van der Waals surface area contributed by atoms with Crippen molar-refractivity contribution >= 4 is 16.8 Å². The molecule has 0 saturated heterocycles. The molecule has 0 saturated carbocycles. The number of imidazole rings is 1. The SMILES string of the molecule is Cc1[nH]cnc1CN1CCCc2c(c3cccc4c3n2CCCC4)C1=O. The van der Waals surface area contributed by atoms with Crippen LogP contribution in [-0.4, -0.2) is 31.9 Å². The molecule has 0 unspecified atom stereocenters. The normalized spacial score (nSPS) is 17.3. The number of rotatable bonds is 2. The fourth-order valence-electron chi connectivity index (χ4n) is 4.64. The first-order valence-corrected chi connectivity index (χ1v) is 9.65. The molecule has 5 heteroatoms. The van der Waals surface area contributed by atoms with Crippen molar-refractivity contribution in [1.29, 1.82) is 0 Å². The lowest BCUT2D eigenvalue weighted by atomic mass is 10.0. The van der Waals surface area contributed by atoms with Crippen LogP contribution in [0.5, 0.6) is 0 Å². The molecule has 1 amide bonds. The second-order valence-electron chi connectivity index (χ2n) is 7.55. The number of carbonyl (C=O) groups excluding carboxylic acids is 1. The van der Waals surface area contributed by atoms with Crippen molar-refractivity contribution < 1.29 is 4.79 Å². The van der Waals surface area contributed by atoms with Crippen LogP contribution in [0.25, 0.3) is 10.9 Å². The number of amides is 1. The smallest absolute Gasteiger partial charge is 0.256 e.